The zero-order valence-corrected chi connectivity index (χ0v) is 17.6. The number of halogens is 1. The summed E-state index contributed by atoms with van der Waals surface area (Å²) >= 11 is 0. The van der Waals surface area contributed by atoms with Crippen LogP contribution in [0.4, 0.5) is 4.79 Å². The normalized spacial score (nSPS) is 29.3. The average Bonchev–Trinajstić information content (AvgIpc) is 2.43. The maximum absolute atomic E-state index is 12.9. The molecular weight excluding hydrogens is 352 g/mol. The molecule has 0 saturated heterocycles. The lowest BCUT2D eigenvalue weighted by Crippen LogP contribution is -2.60. The van der Waals surface area contributed by atoms with E-state index in [9.17, 15) is 9.59 Å². The van der Waals surface area contributed by atoms with Gasteiger partial charge in [-0.1, -0.05) is 20.3 Å². The number of hydrogen-bond acceptors (Lipinski definition) is 3. The number of amides is 3. The molecule has 0 heterocycles. The van der Waals surface area contributed by atoms with Gasteiger partial charge in [0.2, 0.25) is 5.91 Å². The second-order valence-electron chi connectivity index (χ2n) is 9.29. The van der Waals surface area contributed by atoms with Gasteiger partial charge in [0, 0.05) is 17.6 Å². The summed E-state index contributed by atoms with van der Waals surface area (Å²) in [7, 11) is 0. The number of urea groups is 1. The Kier molecular flexibility index (Phi) is 8.21. The van der Waals surface area contributed by atoms with Crippen LogP contribution in [0.15, 0.2) is 0 Å². The molecule has 0 aliphatic heterocycles. The van der Waals surface area contributed by atoms with E-state index < -0.39 is 6.04 Å². The highest BCUT2D eigenvalue weighted by atomic mass is 35.5. The number of nitrogens with two attached hydrogens (primary N) is 1. The molecule has 3 amide bonds. The van der Waals surface area contributed by atoms with E-state index in [-0.39, 0.29) is 47.9 Å². The minimum Gasteiger partial charge on any atom is -0.351 e. The van der Waals surface area contributed by atoms with Crippen LogP contribution < -0.4 is 21.7 Å². The van der Waals surface area contributed by atoms with Crippen molar-refractivity contribution in [2.45, 2.75) is 90.4 Å². The Morgan fingerprint density at radius 1 is 1.08 bits per heavy atom. The summed E-state index contributed by atoms with van der Waals surface area (Å²) < 4.78 is 0. The summed E-state index contributed by atoms with van der Waals surface area (Å²) in [5, 5.41) is 8.97. The van der Waals surface area contributed by atoms with Crippen molar-refractivity contribution in [2.75, 3.05) is 0 Å². The third-order valence-corrected chi connectivity index (χ3v) is 5.41. The molecule has 5 N–H and O–H groups in total. The van der Waals surface area contributed by atoms with Crippen molar-refractivity contribution in [2.24, 2.45) is 23.5 Å². The zero-order chi connectivity index (χ0) is 18.8. The number of fused-ring (bicyclic) bond motifs is 2. The van der Waals surface area contributed by atoms with Gasteiger partial charge >= 0.3 is 6.03 Å². The van der Waals surface area contributed by atoms with E-state index in [1.165, 1.54) is 6.42 Å². The monoisotopic (exact) mass is 388 g/mol. The standard InChI is InChI=1S/C19H36N4O2.ClH/c1-11(2)15(22-18(25)23-19(3,4)5)17(24)21-16-12-7-6-8-13(16)10-14(20)9-12;/h11-16H,6-10,20H2,1-5H3,(H,21,24)(H2,22,23,25);1H/t12?,13?,14?,15-,16?;/m0./s1. The molecule has 0 radical (unpaired) electrons. The van der Waals surface area contributed by atoms with E-state index in [0.717, 1.165) is 25.7 Å². The topological polar surface area (TPSA) is 96.2 Å². The molecular formula is C19H37ClN4O2. The maximum atomic E-state index is 12.9. The van der Waals surface area contributed by atoms with E-state index >= 15 is 0 Å². The lowest BCUT2D eigenvalue weighted by molar-refractivity contribution is -0.126. The van der Waals surface area contributed by atoms with Gasteiger partial charge in [-0.2, -0.15) is 0 Å². The lowest BCUT2D eigenvalue weighted by Gasteiger charge is -2.45. The highest BCUT2D eigenvalue weighted by Crippen LogP contribution is 2.39. The second-order valence-corrected chi connectivity index (χ2v) is 9.29. The molecule has 2 saturated carbocycles. The van der Waals surface area contributed by atoms with Gasteiger partial charge in [-0.05, 0) is 64.2 Å². The van der Waals surface area contributed by atoms with Gasteiger partial charge < -0.3 is 21.7 Å². The third-order valence-electron chi connectivity index (χ3n) is 5.41. The molecule has 0 aromatic heterocycles. The molecule has 2 fully saturated rings. The number of nitrogens with one attached hydrogen (secondary N) is 3. The number of hydrogen-bond donors (Lipinski definition) is 4. The fourth-order valence-corrected chi connectivity index (χ4v) is 4.33. The minimum atomic E-state index is -0.529. The van der Waals surface area contributed by atoms with Crippen LogP contribution in [0.5, 0.6) is 0 Å². The quantitative estimate of drug-likeness (QED) is 0.595. The van der Waals surface area contributed by atoms with Crippen molar-refractivity contribution in [1.82, 2.24) is 16.0 Å². The molecule has 2 aliphatic carbocycles. The van der Waals surface area contributed by atoms with Crippen LogP contribution >= 0.6 is 12.4 Å². The Labute approximate surface area is 164 Å². The molecule has 2 unspecified atom stereocenters. The van der Waals surface area contributed by atoms with E-state index in [2.05, 4.69) is 16.0 Å². The Morgan fingerprint density at radius 3 is 2.08 bits per heavy atom. The fourth-order valence-electron chi connectivity index (χ4n) is 4.33. The van der Waals surface area contributed by atoms with Gasteiger partial charge in [-0.3, -0.25) is 4.79 Å². The first-order chi connectivity index (χ1) is 11.6. The zero-order valence-electron chi connectivity index (χ0n) is 16.8. The van der Waals surface area contributed by atoms with Gasteiger partial charge in [0.15, 0.2) is 0 Å². The molecule has 2 aliphatic rings. The summed E-state index contributed by atoms with van der Waals surface area (Å²) in [6.07, 6.45) is 5.49. The van der Waals surface area contributed by atoms with Crippen molar-refractivity contribution < 1.29 is 9.59 Å². The average molecular weight is 389 g/mol. The Morgan fingerprint density at radius 2 is 1.62 bits per heavy atom. The van der Waals surface area contributed by atoms with Gasteiger partial charge in [-0.15, -0.1) is 12.4 Å². The summed E-state index contributed by atoms with van der Waals surface area (Å²) in [5.74, 6) is 0.901. The van der Waals surface area contributed by atoms with Crippen molar-refractivity contribution in [3.8, 4) is 0 Å². The molecule has 7 heteroatoms. The smallest absolute Gasteiger partial charge is 0.315 e. The van der Waals surface area contributed by atoms with Crippen molar-refractivity contribution in [3.63, 3.8) is 0 Å². The molecule has 0 aromatic rings. The van der Waals surface area contributed by atoms with E-state index in [1.807, 2.05) is 34.6 Å². The van der Waals surface area contributed by atoms with Gasteiger partial charge in [0.1, 0.15) is 6.04 Å². The van der Waals surface area contributed by atoms with Crippen LogP contribution in [-0.2, 0) is 4.79 Å². The van der Waals surface area contributed by atoms with Crippen LogP contribution in [0.2, 0.25) is 0 Å². The molecule has 2 rings (SSSR count). The molecule has 3 atom stereocenters. The van der Waals surface area contributed by atoms with Crippen LogP contribution in [0.3, 0.4) is 0 Å². The largest absolute Gasteiger partial charge is 0.351 e. The van der Waals surface area contributed by atoms with Crippen molar-refractivity contribution in [1.29, 1.82) is 0 Å². The maximum Gasteiger partial charge on any atom is 0.315 e. The van der Waals surface area contributed by atoms with Crippen LogP contribution in [0, 0.1) is 17.8 Å². The van der Waals surface area contributed by atoms with Gasteiger partial charge in [0.25, 0.3) is 0 Å². The molecule has 0 spiro atoms. The Balaban J connectivity index is 0.00000338. The van der Waals surface area contributed by atoms with Crippen LogP contribution in [0.25, 0.3) is 0 Å². The van der Waals surface area contributed by atoms with Gasteiger partial charge in [-0.25, -0.2) is 4.79 Å². The predicted molar refractivity (Wildman–Crippen MR) is 107 cm³/mol. The van der Waals surface area contributed by atoms with Crippen molar-refractivity contribution in [3.05, 3.63) is 0 Å². The first-order valence-corrected chi connectivity index (χ1v) is 9.71. The first-order valence-electron chi connectivity index (χ1n) is 9.71. The first kappa shape index (κ1) is 23.0. The van der Waals surface area contributed by atoms with E-state index in [4.69, 9.17) is 5.73 Å². The van der Waals surface area contributed by atoms with Crippen LogP contribution in [-0.4, -0.2) is 35.6 Å². The number of rotatable bonds is 4. The molecule has 6 nitrogen and oxygen atoms in total. The molecule has 2 bridgehead atoms. The second kappa shape index (κ2) is 9.27. The molecule has 26 heavy (non-hydrogen) atoms. The Bertz CT molecular complexity index is 478. The SMILES string of the molecule is CC(C)[C@H](NC(=O)NC(C)(C)C)C(=O)NC1C2CCCC1CC(N)C2.Cl. The fraction of sp³-hybridized carbons (Fsp3) is 0.895. The van der Waals surface area contributed by atoms with E-state index in [0.29, 0.717) is 11.8 Å². The van der Waals surface area contributed by atoms with Gasteiger partial charge in [0.05, 0.1) is 0 Å². The molecule has 0 aromatic carbocycles. The summed E-state index contributed by atoms with van der Waals surface area (Å²) in [6.45, 7) is 9.68. The van der Waals surface area contributed by atoms with Crippen molar-refractivity contribution >= 4 is 24.3 Å². The molecule has 152 valence electrons. The Hall–Kier alpha value is -1.01. The summed E-state index contributed by atoms with van der Waals surface area (Å²) in [4.78, 5) is 25.1. The predicted octanol–water partition coefficient (Wildman–Crippen LogP) is 2.55. The lowest BCUT2D eigenvalue weighted by atomic mass is 9.67. The number of carbonyl (C=O) groups is 2. The highest BCUT2D eigenvalue weighted by molar-refractivity contribution is 5.87. The number of carbonyl (C=O) groups excluding carboxylic acids is 2. The van der Waals surface area contributed by atoms with Crippen LogP contribution in [0.1, 0.15) is 66.7 Å². The summed E-state index contributed by atoms with van der Waals surface area (Å²) in [5.41, 5.74) is 5.84. The third kappa shape index (κ3) is 6.31. The highest BCUT2D eigenvalue weighted by Gasteiger charge is 2.41. The minimum absolute atomic E-state index is 0. The van der Waals surface area contributed by atoms with E-state index in [1.54, 1.807) is 0 Å². The summed E-state index contributed by atoms with van der Waals surface area (Å²) in [6, 6.07) is -0.360.